The molecule has 0 saturated heterocycles. The van der Waals surface area contributed by atoms with Gasteiger partial charge in [-0.15, -0.1) is 0 Å². The van der Waals surface area contributed by atoms with E-state index in [0.29, 0.717) is 22.0 Å². The number of nitrogens with two attached hydrogens (primary N) is 1. The summed E-state index contributed by atoms with van der Waals surface area (Å²) in [4.78, 5) is 12.4. The summed E-state index contributed by atoms with van der Waals surface area (Å²) in [7, 11) is 1.50. The van der Waals surface area contributed by atoms with E-state index in [1.54, 1.807) is 24.3 Å². The van der Waals surface area contributed by atoms with E-state index in [1.165, 1.54) is 7.11 Å². The van der Waals surface area contributed by atoms with Gasteiger partial charge in [-0.05, 0) is 36.8 Å². The van der Waals surface area contributed by atoms with Crippen molar-refractivity contribution in [1.29, 1.82) is 0 Å². The zero-order valence-electron chi connectivity index (χ0n) is 11.9. The molecule has 0 aliphatic rings. The van der Waals surface area contributed by atoms with Gasteiger partial charge in [-0.2, -0.15) is 0 Å². The highest BCUT2D eigenvalue weighted by Crippen LogP contribution is 2.25. The second-order valence-corrected chi connectivity index (χ2v) is 5.11. The minimum absolute atomic E-state index is 0.209. The fourth-order valence-electron chi connectivity index (χ4n) is 2.11. The number of para-hydroxylation sites is 1. The van der Waals surface area contributed by atoms with Crippen molar-refractivity contribution in [2.24, 2.45) is 0 Å². The van der Waals surface area contributed by atoms with Crippen LogP contribution in [0.4, 0.5) is 5.69 Å². The van der Waals surface area contributed by atoms with Crippen LogP contribution in [0.2, 0.25) is 5.02 Å². The van der Waals surface area contributed by atoms with Gasteiger partial charge >= 0.3 is 0 Å². The van der Waals surface area contributed by atoms with Crippen LogP contribution in [0.25, 0.3) is 0 Å². The van der Waals surface area contributed by atoms with Crippen molar-refractivity contribution in [2.75, 3.05) is 12.8 Å². The van der Waals surface area contributed by atoms with Gasteiger partial charge < -0.3 is 15.8 Å². The van der Waals surface area contributed by atoms with Gasteiger partial charge in [0.2, 0.25) is 0 Å². The molecule has 2 aromatic carbocycles. The zero-order chi connectivity index (χ0) is 15.4. The van der Waals surface area contributed by atoms with E-state index in [0.717, 1.165) is 5.56 Å². The number of rotatable bonds is 4. The summed E-state index contributed by atoms with van der Waals surface area (Å²) in [6, 6.07) is 12.1. The van der Waals surface area contributed by atoms with Gasteiger partial charge in [-0.1, -0.05) is 29.8 Å². The van der Waals surface area contributed by atoms with E-state index >= 15 is 0 Å². The molecule has 3 N–H and O–H groups in total. The Morgan fingerprint density at radius 2 is 2.00 bits per heavy atom. The zero-order valence-corrected chi connectivity index (χ0v) is 12.6. The Hall–Kier alpha value is -2.20. The van der Waals surface area contributed by atoms with Crippen LogP contribution in [0, 0.1) is 0 Å². The van der Waals surface area contributed by atoms with Crippen molar-refractivity contribution in [3.05, 3.63) is 58.6 Å². The lowest BCUT2D eigenvalue weighted by molar-refractivity contribution is 0.0937. The van der Waals surface area contributed by atoms with Gasteiger partial charge in [-0.25, -0.2) is 0 Å². The molecule has 0 fully saturated rings. The Balaban J connectivity index is 2.20. The maximum atomic E-state index is 12.4. The van der Waals surface area contributed by atoms with Gasteiger partial charge in [0.25, 0.3) is 5.91 Å². The Morgan fingerprint density at radius 1 is 1.29 bits per heavy atom. The van der Waals surface area contributed by atoms with E-state index in [2.05, 4.69) is 5.32 Å². The number of methoxy groups -OCH3 is 1. The number of halogens is 1. The number of amides is 1. The first kappa shape index (κ1) is 15.2. The predicted molar refractivity (Wildman–Crippen MR) is 84.7 cm³/mol. The Morgan fingerprint density at radius 3 is 2.67 bits per heavy atom. The second-order valence-electron chi connectivity index (χ2n) is 4.67. The highest BCUT2D eigenvalue weighted by Gasteiger charge is 2.16. The van der Waals surface area contributed by atoms with Crippen molar-refractivity contribution in [1.82, 2.24) is 5.32 Å². The van der Waals surface area contributed by atoms with Crippen molar-refractivity contribution >= 4 is 23.2 Å². The third-order valence-electron chi connectivity index (χ3n) is 3.22. The topological polar surface area (TPSA) is 64.3 Å². The summed E-state index contributed by atoms with van der Waals surface area (Å²) in [5, 5.41) is 3.42. The maximum absolute atomic E-state index is 12.4. The van der Waals surface area contributed by atoms with Crippen molar-refractivity contribution < 1.29 is 9.53 Å². The lowest BCUT2D eigenvalue weighted by atomic mass is 10.1. The number of ether oxygens (including phenoxy) is 1. The minimum atomic E-state index is -0.237. The molecule has 4 nitrogen and oxygen atoms in total. The predicted octanol–water partition coefficient (Wildman–Crippen LogP) is 3.42. The molecule has 0 aliphatic carbocycles. The molecule has 2 aromatic rings. The van der Waals surface area contributed by atoms with E-state index in [1.807, 2.05) is 25.1 Å². The molecule has 0 spiro atoms. The van der Waals surface area contributed by atoms with Gasteiger partial charge in [0.05, 0.1) is 18.7 Å². The number of hydrogen-bond donors (Lipinski definition) is 2. The van der Waals surface area contributed by atoms with Gasteiger partial charge in [0.1, 0.15) is 5.75 Å². The molecule has 0 radical (unpaired) electrons. The molecular weight excluding hydrogens is 288 g/mol. The highest BCUT2D eigenvalue weighted by atomic mass is 35.5. The largest absolute Gasteiger partial charge is 0.496 e. The molecule has 0 aliphatic heterocycles. The summed E-state index contributed by atoms with van der Waals surface area (Å²) in [6.45, 7) is 1.88. The standard InChI is InChI=1S/C16H17ClN2O2/c1-10(12-5-3-4-6-14(12)18)19-16(20)13-8-7-11(17)9-15(13)21-2/h3-10H,18H2,1-2H3,(H,19,20). The number of nitrogens with one attached hydrogen (secondary N) is 1. The molecule has 0 heterocycles. The molecule has 5 heteroatoms. The number of carbonyl (C=O) groups excluding carboxylic acids is 1. The van der Waals surface area contributed by atoms with E-state index in [-0.39, 0.29) is 11.9 Å². The monoisotopic (exact) mass is 304 g/mol. The van der Waals surface area contributed by atoms with E-state index in [4.69, 9.17) is 22.1 Å². The van der Waals surface area contributed by atoms with Crippen LogP contribution in [0.5, 0.6) is 5.75 Å². The first-order chi connectivity index (χ1) is 10.0. The second kappa shape index (κ2) is 6.50. The van der Waals surface area contributed by atoms with Crippen LogP contribution >= 0.6 is 11.6 Å². The Kier molecular flexibility index (Phi) is 4.70. The number of nitrogen functional groups attached to an aromatic ring is 1. The van der Waals surface area contributed by atoms with Crippen molar-refractivity contribution in [2.45, 2.75) is 13.0 Å². The fourth-order valence-corrected chi connectivity index (χ4v) is 2.27. The van der Waals surface area contributed by atoms with Crippen LogP contribution in [0.3, 0.4) is 0 Å². The number of hydrogen-bond acceptors (Lipinski definition) is 3. The highest BCUT2D eigenvalue weighted by molar-refractivity contribution is 6.30. The number of benzene rings is 2. The number of anilines is 1. The summed E-state index contributed by atoms with van der Waals surface area (Å²) >= 11 is 5.89. The van der Waals surface area contributed by atoms with Crippen LogP contribution in [-0.2, 0) is 0 Å². The fraction of sp³-hybridized carbons (Fsp3) is 0.188. The SMILES string of the molecule is COc1cc(Cl)ccc1C(=O)NC(C)c1ccccc1N. The van der Waals surface area contributed by atoms with Crippen LogP contribution in [0.1, 0.15) is 28.9 Å². The third kappa shape index (κ3) is 3.47. The van der Waals surface area contributed by atoms with Crippen molar-refractivity contribution in [3.63, 3.8) is 0 Å². The average molecular weight is 305 g/mol. The quantitative estimate of drug-likeness (QED) is 0.851. The normalized spacial score (nSPS) is 11.8. The first-order valence-electron chi connectivity index (χ1n) is 6.51. The molecule has 0 bridgehead atoms. The van der Waals surface area contributed by atoms with Gasteiger partial charge in [-0.3, -0.25) is 4.79 Å². The summed E-state index contributed by atoms with van der Waals surface area (Å²) in [5.41, 5.74) is 7.87. The van der Waals surface area contributed by atoms with Crippen LogP contribution < -0.4 is 15.8 Å². The molecule has 21 heavy (non-hydrogen) atoms. The molecule has 2 rings (SSSR count). The molecule has 0 aromatic heterocycles. The molecule has 110 valence electrons. The molecule has 0 saturated carbocycles. The van der Waals surface area contributed by atoms with Gasteiger partial charge in [0.15, 0.2) is 0 Å². The average Bonchev–Trinajstić information content (AvgIpc) is 2.47. The summed E-state index contributed by atoms with van der Waals surface area (Å²) in [5.74, 6) is 0.201. The van der Waals surface area contributed by atoms with Crippen molar-refractivity contribution in [3.8, 4) is 5.75 Å². The third-order valence-corrected chi connectivity index (χ3v) is 3.45. The van der Waals surface area contributed by atoms with Gasteiger partial charge in [0, 0.05) is 10.7 Å². The molecule has 1 atom stereocenters. The van der Waals surface area contributed by atoms with Crippen LogP contribution in [0.15, 0.2) is 42.5 Å². The smallest absolute Gasteiger partial charge is 0.255 e. The minimum Gasteiger partial charge on any atom is -0.496 e. The molecular formula is C16H17ClN2O2. The lowest BCUT2D eigenvalue weighted by Crippen LogP contribution is -2.27. The Bertz CT molecular complexity index is 658. The summed E-state index contributed by atoms with van der Waals surface area (Å²) in [6.07, 6.45) is 0. The van der Waals surface area contributed by atoms with E-state index in [9.17, 15) is 4.79 Å². The van der Waals surface area contributed by atoms with Crippen LogP contribution in [-0.4, -0.2) is 13.0 Å². The Labute approximate surface area is 128 Å². The maximum Gasteiger partial charge on any atom is 0.255 e. The van der Waals surface area contributed by atoms with E-state index < -0.39 is 0 Å². The molecule has 1 amide bonds. The lowest BCUT2D eigenvalue weighted by Gasteiger charge is -2.17. The number of carbonyl (C=O) groups is 1. The first-order valence-corrected chi connectivity index (χ1v) is 6.89. The summed E-state index contributed by atoms with van der Waals surface area (Å²) < 4.78 is 5.19. The molecule has 1 unspecified atom stereocenters.